The fourth-order valence-corrected chi connectivity index (χ4v) is 4.46. The van der Waals surface area contributed by atoms with E-state index < -0.39 is 0 Å². The maximum atomic E-state index is 12.3. The van der Waals surface area contributed by atoms with Crippen molar-refractivity contribution < 1.29 is 19.1 Å². The highest BCUT2D eigenvalue weighted by molar-refractivity contribution is 5.76. The van der Waals surface area contributed by atoms with E-state index in [2.05, 4.69) is 29.3 Å². The van der Waals surface area contributed by atoms with Gasteiger partial charge in [0.2, 0.25) is 5.91 Å². The van der Waals surface area contributed by atoms with Crippen molar-refractivity contribution in [2.45, 2.75) is 129 Å². The normalized spacial score (nSPS) is 15.3. The summed E-state index contributed by atoms with van der Waals surface area (Å²) in [5.74, 6) is -0.101. The number of carbonyl (C=O) groups excluding carboxylic acids is 2. The number of amides is 1. The summed E-state index contributed by atoms with van der Waals surface area (Å²) >= 11 is 0. The number of unbranched alkanes of at least 4 members (excludes halogenated alkanes) is 11. The zero-order valence-corrected chi connectivity index (χ0v) is 23.6. The summed E-state index contributed by atoms with van der Waals surface area (Å²) in [4.78, 5) is 26.6. The van der Waals surface area contributed by atoms with E-state index in [1.165, 1.54) is 70.6 Å². The molecule has 36 heavy (non-hydrogen) atoms. The highest BCUT2D eigenvalue weighted by Crippen LogP contribution is 2.10. The summed E-state index contributed by atoms with van der Waals surface area (Å²) in [6.45, 7) is 8.89. The van der Waals surface area contributed by atoms with Crippen LogP contribution in [0, 0.1) is 0 Å². The maximum Gasteiger partial charge on any atom is 0.305 e. The standard InChI is InChI=1S/C30H56N2O4/c1-3-5-6-7-8-9-10-11-12-13-14-15-16-17-18-20-29(33)31-28(4-2)27-36-30(34)21-19-22-32-23-25-35-26-24-32/h11-12,28H,3-10,13-27H2,1-2H3,(H,31,33)/b12-11-. The Bertz CT molecular complexity index is 561. The van der Waals surface area contributed by atoms with Gasteiger partial charge in [-0.3, -0.25) is 14.5 Å². The van der Waals surface area contributed by atoms with Crippen molar-refractivity contribution in [3.63, 3.8) is 0 Å². The number of nitrogens with one attached hydrogen (secondary N) is 1. The highest BCUT2D eigenvalue weighted by atomic mass is 16.5. The van der Waals surface area contributed by atoms with Gasteiger partial charge in [-0.05, 0) is 51.5 Å². The number of morpholine rings is 1. The predicted octanol–water partition coefficient (Wildman–Crippen LogP) is 6.57. The SMILES string of the molecule is CCCCCCCC/C=C\CCCCCCCC(=O)NC(CC)COC(=O)CCCN1CCOCC1. The molecule has 1 N–H and O–H groups in total. The summed E-state index contributed by atoms with van der Waals surface area (Å²) in [7, 11) is 0. The van der Waals surface area contributed by atoms with Crippen molar-refractivity contribution in [1.82, 2.24) is 10.2 Å². The fourth-order valence-electron chi connectivity index (χ4n) is 4.46. The van der Waals surface area contributed by atoms with Gasteiger partial charge in [0.15, 0.2) is 0 Å². The molecule has 1 unspecified atom stereocenters. The van der Waals surface area contributed by atoms with Gasteiger partial charge in [0.1, 0.15) is 6.61 Å². The lowest BCUT2D eigenvalue weighted by atomic mass is 10.1. The van der Waals surface area contributed by atoms with Crippen molar-refractivity contribution in [2.24, 2.45) is 0 Å². The molecule has 1 atom stereocenters. The van der Waals surface area contributed by atoms with Gasteiger partial charge in [-0.2, -0.15) is 0 Å². The molecular weight excluding hydrogens is 452 g/mol. The number of nitrogens with zero attached hydrogens (tertiary/aromatic N) is 1. The van der Waals surface area contributed by atoms with E-state index in [4.69, 9.17) is 9.47 Å². The number of hydrogen-bond acceptors (Lipinski definition) is 5. The van der Waals surface area contributed by atoms with Crippen LogP contribution in [0.15, 0.2) is 12.2 Å². The molecule has 6 nitrogen and oxygen atoms in total. The minimum absolute atomic E-state index is 0.0721. The zero-order valence-electron chi connectivity index (χ0n) is 23.6. The number of rotatable bonds is 23. The third kappa shape index (κ3) is 19.7. The molecule has 0 aromatic carbocycles. The fraction of sp³-hybridized carbons (Fsp3) is 0.867. The van der Waals surface area contributed by atoms with Crippen molar-refractivity contribution in [3.05, 3.63) is 12.2 Å². The van der Waals surface area contributed by atoms with Crippen LogP contribution in [0.5, 0.6) is 0 Å². The van der Waals surface area contributed by atoms with Gasteiger partial charge < -0.3 is 14.8 Å². The molecule has 1 fully saturated rings. The van der Waals surface area contributed by atoms with Crippen LogP contribution in [0.1, 0.15) is 123 Å². The smallest absolute Gasteiger partial charge is 0.305 e. The molecule has 0 spiro atoms. The Labute approximate surface area is 221 Å². The number of esters is 1. The van der Waals surface area contributed by atoms with Crippen molar-refractivity contribution in [3.8, 4) is 0 Å². The van der Waals surface area contributed by atoms with Crippen LogP contribution < -0.4 is 5.32 Å². The lowest BCUT2D eigenvalue weighted by Crippen LogP contribution is -2.38. The first-order chi connectivity index (χ1) is 17.7. The van der Waals surface area contributed by atoms with Gasteiger partial charge in [-0.1, -0.05) is 77.4 Å². The molecule has 0 aromatic heterocycles. The first kappa shape index (κ1) is 32.6. The second kappa shape index (κ2) is 24.0. The van der Waals surface area contributed by atoms with E-state index in [0.29, 0.717) is 12.8 Å². The van der Waals surface area contributed by atoms with Gasteiger partial charge >= 0.3 is 5.97 Å². The average molecular weight is 509 g/mol. The van der Waals surface area contributed by atoms with Crippen LogP contribution in [0.25, 0.3) is 0 Å². The van der Waals surface area contributed by atoms with E-state index in [9.17, 15) is 9.59 Å². The largest absolute Gasteiger partial charge is 0.463 e. The third-order valence-electron chi connectivity index (χ3n) is 6.93. The minimum Gasteiger partial charge on any atom is -0.463 e. The first-order valence-corrected chi connectivity index (χ1v) is 15.1. The molecule has 6 heteroatoms. The summed E-state index contributed by atoms with van der Waals surface area (Å²) in [6.07, 6.45) is 23.6. The molecule has 1 saturated heterocycles. The third-order valence-corrected chi connectivity index (χ3v) is 6.93. The Kier molecular flexibility index (Phi) is 21.7. The number of hydrogen-bond donors (Lipinski definition) is 1. The first-order valence-electron chi connectivity index (χ1n) is 15.1. The summed E-state index contributed by atoms with van der Waals surface area (Å²) in [5, 5.41) is 3.03. The predicted molar refractivity (Wildman–Crippen MR) is 149 cm³/mol. The Balaban J connectivity index is 1.93. The molecule has 0 aliphatic carbocycles. The maximum absolute atomic E-state index is 12.3. The van der Waals surface area contributed by atoms with Crippen LogP contribution in [0.4, 0.5) is 0 Å². The summed E-state index contributed by atoms with van der Waals surface area (Å²) < 4.78 is 10.8. The Morgan fingerprint density at radius 1 is 0.833 bits per heavy atom. The molecule has 0 saturated carbocycles. The van der Waals surface area contributed by atoms with Crippen LogP contribution in [0.2, 0.25) is 0 Å². The van der Waals surface area contributed by atoms with Crippen LogP contribution >= 0.6 is 0 Å². The Morgan fingerprint density at radius 2 is 1.44 bits per heavy atom. The molecule has 1 rings (SSSR count). The number of allylic oxidation sites excluding steroid dienone is 2. The Morgan fingerprint density at radius 3 is 2.08 bits per heavy atom. The molecule has 1 amide bonds. The molecule has 0 aromatic rings. The van der Waals surface area contributed by atoms with Crippen molar-refractivity contribution in [2.75, 3.05) is 39.5 Å². The lowest BCUT2D eigenvalue weighted by Gasteiger charge is -2.26. The zero-order chi connectivity index (χ0) is 26.1. The van der Waals surface area contributed by atoms with Crippen molar-refractivity contribution in [1.29, 1.82) is 0 Å². The van der Waals surface area contributed by atoms with Gasteiger partial charge in [-0.25, -0.2) is 0 Å². The minimum atomic E-state index is -0.173. The molecular formula is C30H56N2O4. The van der Waals surface area contributed by atoms with E-state index in [0.717, 1.165) is 58.5 Å². The van der Waals surface area contributed by atoms with E-state index >= 15 is 0 Å². The van der Waals surface area contributed by atoms with E-state index in [-0.39, 0.29) is 24.5 Å². The lowest BCUT2D eigenvalue weighted by molar-refractivity contribution is -0.145. The molecule has 210 valence electrons. The second-order valence-electron chi connectivity index (χ2n) is 10.2. The summed E-state index contributed by atoms with van der Waals surface area (Å²) in [5.41, 5.74) is 0. The molecule has 1 aliphatic heterocycles. The van der Waals surface area contributed by atoms with Gasteiger partial charge in [0, 0.05) is 25.9 Å². The van der Waals surface area contributed by atoms with Crippen LogP contribution in [0.3, 0.4) is 0 Å². The van der Waals surface area contributed by atoms with Gasteiger partial charge in [0.25, 0.3) is 0 Å². The van der Waals surface area contributed by atoms with Crippen LogP contribution in [-0.4, -0.2) is 62.3 Å². The molecule has 0 radical (unpaired) electrons. The van der Waals surface area contributed by atoms with Gasteiger partial charge in [-0.15, -0.1) is 0 Å². The number of ether oxygens (including phenoxy) is 2. The Hall–Kier alpha value is -1.40. The quantitative estimate of drug-likeness (QED) is 0.0960. The second-order valence-corrected chi connectivity index (χ2v) is 10.2. The molecule has 1 heterocycles. The highest BCUT2D eigenvalue weighted by Gasteiger charge is 2.14. The topological polar surface area (TPSA) is 67.9 Å². The monoisotopic (exact) mass is 508 g/mol. The number of carbonyl (C=O) groups is 2. The van der Waals surface area contributed by atoms with Gasteiger partial charge in [0.05, 0.1) is 19.3 Å². The van der Waals surface area contributed by atoms with E-state index in [1.807, 2.05) is 6.92 Å². The van der Waals surface area contributed by atoms with E-state index in [1.54, 1.807) is 0 Å². The molecule has 1 aliphatic rings. The van der Waals surface area contributed by atoms with Crippen molar-refractivity contribution >= 4 is 11.9 Å². The summed E-state index contributed by atoms with van der Waals surface area (Å²) in [6, 6.07) is -0.0937. The van der Waals surface area contributed by atoms with Crippen LogP contribution in [-0.2, 0) is 19.1 Å². The molecule has 0 bridgehead atoms. The average Bonchev–Trinajstić information content (AvgIpc) is 2.89.